The zero-order valence-corrected chi connectivity index (χ0v) is 14.8. The first kappa shape index (κ1) is 17.3. The maximum absolute atomic E-state index is 13.1. The predicted molar refractivity (Wildman–Crippen MR) is 95.3 cm³/mol. The van der Waals surface area contributed by atoms with Gasteiger partial charge in [-0.1, -0.05) is 18.2 Å². The Morgan fingerprint density at radius 3 is 2.59 bits per heavy atom. The van der Waals surface area contributed by atoms with E-state index in [2.05, 4.69) is 4.98 Å². The Morgan fingerprint density at radius 1 is 1.19 bits per heavy atom. The van der Waals surface area contributed by atoms with E-state index in [-0.39, 0.29) is 11.3 Å². The number of hydroxylamine groups is 1. The van der Waals surface area contributed by atoms with Crippen LogP contribution < -0.4 is 9.79 Å². The summed E-state index contributed by atoms with van der Waals surface area (Å²) in [6.45, 7) is 0. The van der Waals surface area contributed by atoms with Crippen molar-refractivity contribution in [2.45, 2.75) is 17.4 Å². The summed E-state index contributed by atoms with van der Waals surface area (Å²) in [5.41, 5.74) is 3.24. The normalized spacial score (nSPS) is 17.5. The molecule has 3 aromatic rings. The van der Waals surface area contributed by atoms with Gasteiger partial charge in [0.05, 0.1) is 29.2 Å². The summed E-state index contributed by atoms with van der Waals surface area (Å²) in [7, 11) is -3.83. The fourth-order valence-corrected chi connectivity index (χ4v) is 5.14. The Balaban J connectivity index is 1.78. The minimum Gasteiger partial charge on any atom is -0.444 e. The summed E-state index contributed by atoms with van der Waals surface area (Å²) < 4.78 is 32.6. The molecule has 0 aliphatic carbocycles. The average Bonchev–Trinajstić information content (AvgIpc) is 3.28. The zero-order chi connectivity index (χ0) is 19.0. The van der Waals surface area contributed by atoms with E-state index in [4.69, 9.17) is 9.62 Å². The molecule has 0 saturated heterocycles. The molecule has 8 nitrogen and oxygen atoms in total. The molecule has 1 unspecified atom stereocenters. The van der Waals surface area contributed by atoms with Crippen LogP contribution in [-0.2, 0) is 14.8 Å². The van der Waals surface area contributed by atoms with E-state index in [0.717, 1.165) is 5.56 Å². The third-order valence-electron chi connectivity index (χ3n) is 4.44. The van der Waals surface area contributed by atoms with Crippen LogP contribution in [0.3, 0.4) is 0 Å². The van der Waals surface area contributed by atoms with Crippen molar-refractivity contribution in [3.05, 3.63) is 66.7 Å². The van der Waals surface area contributed by atoms with Gasteiger partial charge in [0, 0.05) is 5.56 Å². The molecule has 1 aromatic heterocycles. The van der Waals surface area contributed by atoms with Crippen LogP contribution in [0.4, 0.5) is 5.69 Å². The first-order chi connectivity index (χ1) is 13.0. The molecular weight excluding hydrogens is 370 g/mol. The van der Waals surface area contributed by atoms with Crippen molar-refractivity contribution in [2.75, 3.05) is 4.31 Å². The number of nitrogens with one attached hydrogen (secondary N) is 1. The molecule has 0 fully saturated rings. The Hall–Kier alpha value is -3.17. The van der Waals surface area contributed by atoms with Crippen molar-refractivity contribution in [2.24, 2.45) is 0 Å². The van der Waals surface area contributed by atoms with Gasteiger partial charge in [-0.3, -0.25) is 14.3 Å². The Morgan fingerprint density at radius 2 is 1.93 bits per heavy atom. The standard InChI is InChI=1S/C18H15N3O5S/c22-18(20-23)9-15-14-3-1-2-4-17(14)27(24,25)21(15)13-7-5-12(6-8-13)16-10-19-11-26-16/h1-8,10-11,15,23H,9H2,(H,20,22). The van der Waals surface area contributed by atoms with Crippen molar-refractivity contribution in [1.29, 1.82) is 0 Å². The lowest BCUT2D eigenvalue weighted by molar-refractivity contribution is -0.129. The van der Waals surface area contributed by atoms with Gasteiger partial charge in [-0.15, -0.1) is 0 Å². The molecule has 0 saturated carbocycles. The third-order valence-corrected chi connectivity index (χ3v) is 6.35. The Labute approximate surface area is 155 Å². The number of carbonyl (C=O) groups is 1. The molecule has 2 N–H and O–H groups in total. The third kappa shape index (κ3) is 2.86. The lowest BCUT2D eigenvalue weighted by Gasteiger charge is -2.25. The lowest BCUT2D eigenvalue weighted by atomic mass is 10.0. The second kappa shape index (κ2) is 6.53. The monoisotopic (exact) mass is 385 g/mol. The highest BCUT2D eigenvalue weighted by Gasteiger charge is 2.43. The van der Waals surface area contributed by atoms with E-state index < -0.39 is 22.0 Å². The maximum Gasteiger partial charge on any atom is 0.265 e. The van der Waals surface area contributed by atoms with Crippen molar-refractivity contribution < 1.29 is 22.8 Å². The summed E-state index contributed by atoms with van der Waals surface area (Å²) in [4.78, 5) is 15.8. The number of hydrogen-bond acceptors (Lipinski definition) is 6. The molecule has 1 amide bonds. The number of aromatic nitrogens is 1. The molecule has 0 spiro atoms. The van der Waals surface area contributed by atoms with Crippen molar-refractivity contribution in [1.82, 2.24) is 10.5 Å². The molecule has 2 heterocycles. The largest absolute Gasteiger partial charge is 0.444 e. The number of sulfonamides is 1. The highest BCUT2D eigenvalue weighted by Crippen LogP contribution is 2.44. The fraction of sp³-hybridized carbons (Fsp3) is 0.111. The Kier molecular flexibility index (Phi) is 4.17. The molecular formula is C18H15N3O5S. The number of oxazole rings is 1. The zero-order valence-electron chi connectivity index (χ0n) is 13.9. The van der Waals surface area contributed by atoms with Crippen molar-refractivity contribution >= 4 is 21.6 Å². The number of rotatable bonds is 4. The summed E-state index contributed by atoms with van der Waals surface area (Å²) >= 11 is 0. The van der Waals surface area contributed by atoms with Gasteiger partial charge in [-0.05, 0) is 35.9 Å². The maximum atomic E-state index is 13.1. The summed E-state index contributed by atoms with van der Waals surface area (Å²) in [5, 5.41) is 8.89. The van der Waals surface area contributed by atoms with Crippen molar-refractivity contribution in [3.8, 4) is 11.3 Å². The van der Waals surface area contributed by atoms with E-state index in [1.54, 1.807) is 54.1 Å². The quantitative estimate of drug-likeness (QED) is 0.527. The second-order valence-electron chi connectivity index (χ2n) is 6.01. The van der Waals surface area contributed by atoms with Gasteiger partial charge in [0.25, 0.3) is 10.0 Å². The molecule has 0 bridgehead atoms. The summed E-state index contributed by atoms with van der Waals surface area (Å²) in [6, 6.07) is 12.5. The van der Waals surface area contributed by atoms with Gasteiger partial charge >= 0.3 is 0 Å². The molecule has 0 radical (unpaired) electrons. The van der Waals surface area contributed by atoms with Gasteiger partial charge in [0.2, 0.25) is 5.91 Å². The summed E-state index contributed by atoms with van der Waals surface area (Å²) in [5.74, 6) is -0.111. The molecule has 27 heavy (non-hydrogen) atoms. The topological polar surface area (TPSA) is 113 Å². The SMILES string of the molecule is O=C(CC1c2ccccc2S(=O)(=O)N1c1ccc(-c2cnco2)cc1)NO. The first-order valence-corrected chi connectivity index (χ1v) is 9.51. The number of nitrogens with zero attached hydrogens (tertiary/aromatic N) is 2. The van der Waals surface area contributed by atoms with Crippen LogP contribution in [0.15, 0.2) is 70.4 Å². The van der Waals surface area contributed by atoms with Gasteiger partial charge < -0.3 is 4.42 Å². The van der Waals surface area contributed by atoms with E-state index in [1.165, 1.54) is 16.8 Å². The number of benzene rings is 2. The molecule has 1 atom stereocenters. The van der Waals surface area contributed by atoms with Crippen LogP contribution in [0.2, 0.25) is 0 Å². The Bertz CT molecular complexity index is 1080. The van der Waals surface area contributed by atoms with E-state index >= 15 is 0 Å². The highest BCUT2D eigenvalue weighted by atomic mass is 32.2. The summed E-state index contributed by atoms with van der Waals surface area (Å²) in [6.07, 6.45) is 2.66. The molecule has 1 aliphatic rings. The van der Waals surface area contributed by atoms with Gasteiger partial charge in [0.15, 0.2) is 12.2 Å². The van der Waals surface area contributed by atoms with E-state index in [9.17, 15) is 13.2 Å². The van der Waals surface area contributed by atoms with Gasteiger partial charge in [-0.2, -0.15) is 0 Å². The number of anilines is 1. The van der Waals surface area contributed by atoms with E-state index in [1.807, 2.05) is 0 Å². The smallest absolute Gasteiger partial charge is 0.265 e. The molecule has 4 rings (SSSR count). The lowest BCUT2D eigenvalue weighted by Crippen LogP contribution is -2.32. The predicted octanol–water partition coefficient (Wildman–Crippen LogP) is 2.49. The van der Waals surface area contributed by atoms with Crippen LogP contribution in [0.25, 0.3) is 11.3 Å². The number of hydrogen-bond donors (Lipinski definition) is 2. The minimum atomic E-state index is -3.83. The number of amides is 1. The van der Waals surface area contributed by atoms with Crippen LogP contribution in [-0.4, -0.2) is 24.5 Å². The van der Waals surface area contributed by atoms with Crippen molar-refractivity contribution in [3.63, 3.8) is 0 Å². The average molecular weight is 385 g/mol. The van der Waals surface area contributed by atoms with Crippen LogP contribution in [0.1, 0.15) is 18.0 Å². The number of carbonyl (C=O) groups excluding carboxylic acids is 1. The van der Waals surface area contributed by atoms with Crippen LogP contribution in [0.5, 0.6) is 0 Å². The molecule has 9 heteroatoms. The van der Waals surface area contributed by atoms with Crippen LogP contribution in [0, 0.1) is 0 Å². The first-order valence-electron chi connectivity index (χ1n) is 8.07. The van der Waals surface area contributed by atoms with E-state index in [0.29, 0.717) is 17.0 Å². The van der Waals surface area contributed by atoms with Crippen LogP contribution >= 0.6 is 0 Å². The second-order valence-corrected chi connectivity index (χ2v) is 7.79. The molecule has 2 aromatic carbocycles. The number of fused-ring (bicyclic) bond motifs is 1. The fourth-order valence-electron chi connectivity index (χ4n) is 3.25. The van der Waals surface area contributed by atoms with Gasteiger partial charge in [0.1, 0.15) is 0 Å². The highest BCUT2D eigenvalue weighted by molar-refractivity contribution is 7.93. The van der Waals surface area contributed by atoms with Gasteiger partial charge in [-0.25, -0.2) is 18.9 Å². The minimum absolute atomic E-state index is 0.153. The molecule has 1 aliphatic heterocycles. The molecule has 138 valence electrons.